The van der Waals surface area contributed by atoms with Crippen LogP contribution in [0.15, 0.2) is 46.9 Å². The average Bonchev–Trinajstić information content (AvgIpc) is 2.49. The highest BCUT2D eigenvalue weighted by atomic mass is 79.9. The molecule has 0 saturated heterocycles. The largest absolute Gasteiger partial charge is 0.325 e. The molecular weight excluding hydrogens is 382 g/mol. The summed E-state index contributed by atoms with van der Waals surface area (Å²) in [4.78, 5) is 12.3. The Bertz CT molecular complexity index is 677. The number of benzene rings is 2. The van der Waals surface area contributed by atoms with Crippen LogP contribution in [0.5, 0.6) is 0 Å². The minimum absolute atomic E-state index is 0.0116. The van der Waals surface area contributed by atoms with Crippen molar-refractivity contribution in [3.63, 3.8) is 0 Å². The maximum atomic E-state index is 12.3. The van der Waals surface area contributed by atoms with Gasteiger partial charge >= 0.3 is 0 Å². The highest BCUT2D eigenvalue weighted by Crippen LogP contribution is 2.25. The molecule has 1 atom stereocenters. The van der Waals surface area contributed by atoms with E-state index in [-0.39, 0.29) is 11.2 Å². The van der Waals surface area contributed by atoms with Gasteiger partial charge in [-0.15, -0.1) is 11.8 Å². The molecule has 22 heavy (non-hydrogen) atoms. The maximum absolute atomic E-state index is 12.3. The summed E-state index contributed by atoms with van der Waals surface area (Å²) >= 11 is 11.1. The molecule has 116 valence electrons. The average molecular weight is 399 g/mol. The summed E-state index contributed by atoms with van der Waals surface area (Å²) in [5.41, 5.74) is 2.96. The summed E-state index contributed by atoms with van der Waals surface area (Å²) < 4.78 is 1.07. The van der Waals surface area contributed by atoms with E-state index < -0.39 is 0 Å². The maximum Gasteiger partial charge on any atom is 0.237 e. The van der Waals surface area contributed by atoms with Gasteiger partial charge in [-0.3, -0.25) is 4.79 Å². The summed E-state index contributed by atoms with van der Waals surface area (Å²) in [6, 6.07) is 13.5. The van der Waals surface area contributed by atoms with E-state index in [4.69, 9.17) is 11.6 Å². The van der Waals surface area contributed by atoms with Crippen LogP contribution in [-0.2, 0) is 10.5 Å². The smallest absolute Gasteiger partial charge is 0.237 e. The second kappa shape index (κ2) is 8.04. The lowest BCUT2D eigenvalue weighted by Gasteiger charge is -2.14. The number of carbonyl (C=O) groups excluding carboxylic acids is 1. The summed E-state index contributed by atoms with van der Waals surface area (Å²) in [6.07, 6.45) is 0. The Labute approximate surface area is 148 Å². The number of hydrogen-bond donors (Lipinski definition) is 1. The third-order valence-electron chi connectivity index (χ3n) is 3.27. The van der Waals surface area contributed by atoms with Crippen LogP contribution in [0.25, 0.3) is 0 Å². The van der Waals surface area contributed by atoms with Gasteiger partial charge in [0.25, 0.3) is 0 Å². The Morgan fingerprint density at radius 2 is 2.05 bits per heavy atom. The SMILES string of the molecule is Cc1ccc(Cl)cc1NC(=O)C(C)SCc1ccccc1Br. The number of anilines is 1. The Kier molecular flexibility index (Phi) is 6.36. The molecule has 2 aromatic carbocycles. The molecule has 0 bridgehead atoms. The summed E-state index contributed by atoms with van der Waals surface area (Å²) in [6.45, 7) is 3.86. The molecule has 1 amide bonds. The van der Waals surface area contributed by atoms with E-state index >= 15 is 0 Å². The normalized spacial score (nSPS) is 12.0. The van der Waals surface area contributed by atoms with Crippen LogP contribution in [0.1, 0.15) is 18.1 Å². The van der Waals surface area contributed by atoms with Crippen molar-refractivity contribution in [1.82, 2.24) is 0 Å². The minimum Gasteiger partial charge on any atom is -0.325 e. The van der Waals surface area contributed by atoms with E-state index in [1.165, 1.54) is 5.56 Å². The van der Waals surface area contributed by atoms with Crippen LogP contribution in [0.2, 0.25) is 5.02 Å². The topological polar surface area (TPSA) is 29.1 Å². The molecule has 5 heteroatoms. The molecule has 1 unspecified atom stereocenters. The number of aryl methyl sites for hydroxylation is 1. The molecule has 0 heterocycles. The molecule has 1 N–H and O–H groups in total. The third kappa shape index (κ3) is 4.77. The predicted octanol–water partition coefficient (Wildman–Crippen LogP) is 5.67. The van der Waals surface area contributed by atoms with Crippen molar-refractivity contribution in [2.75, 3.05) is 5.32 Å². The van der Waals surface area contributed by atoms with Crippen molar-refractivity contribution in [2.45, 2.75) is 24.9 Å². The molecular formula is C17H17BrClNOS. The molecule has 0 spiro atoms. The molecule has 0 saturated carbocycles. The number of amides is 1. The molecule has 0 radical (unpaired) electrons. The van der Waals surface area contributed by atoms with E-state index in [2.05, 4.69) is 27.3 Å². The summed E-state index contributed by atoms with van der Waals surface area (Å²) in [7, 11) is 0. The number of thioether (sulfide) groups is 1. The zero-order valence-corrected chi connectivity index (χ0v) is 15.6. The van der Waals surface area contributed by atoms with Crippen LogP contribution in [-0.4, -0.2) is 11.2 Å². The van der Waals surface area contributed by atoms with E-state index in [0.29, 0.717) is 5.02 Å². The predicted molar refractivity (Wildman–Crippen MR) is 99.7 cm³/mol. The van der Waals surface area contributed by atoms with Gasteiger partial charge in [0, 0.05) is 20.9 Å². The summed E-state index contributed by atoms with van der Waals surface area (Å²) in [5.74, 6) is 0.771. The molecule has 0 aliphatic heterocycles. The number of hydrogen-bond acceptors (Lipinski definition) is 2. The van der Waals surface area contributed by atoms with Gasteiger partial charge in [-0.05, 0) is 43.2 Å². The molecule has 0 fully saturated rings. The zero-order valence-electron chi connectivity index (χ0n) is 12.4. The van der Waals surface area contributed by atoms with Crippen molar-refractivity contribution in [1.29, 1.82) is 0 Å². The van der Waals surface area contributed by atoms with E-state index in [9.17, 15) is 4.79 Å². The molecule has 0 aliphatic carbocycles. The quantitative estimate of drug-likeness (QED) is 0.703. The highest BCUT2D eigenvalue weighted by molar-refractivity contribution is 9.10. The van der Waals surface area contributed by atoms with Gasteiger partial charge in [0.15, 0.2) is 0 Å². The van der Waals surface area contributed by atoms with Crippen LogP contribution in [0.4, 0.5) is 5.69 Å². The first-order chi connectivity index (χ1) is 10.5. The van der Waals surface area contributed by atoms with Gasteiger partial charge in [0.1, 0.15) is 0 Å². The fourth-order valence-electron chi connectivity index (χ4n) is 1.87. The van der Waals surface area contributed by atoms with E-state index in [1.54, 1.807) is 17.8 Å². The second-order valence-corrected chi connectivity index (χ2v) is 7.61. The van der Waals surface area contributed by atoms with Gasteiger partial charge < -0.3 is 5.32 Å². The molecule has 0 aromatic heterocycles. The lowest BCUT2D eigenvalue weighted by molar-refractivity contribution is -0.115. The first-order valence-electron chi connectivity index (χ1n) is 6.89. The standard InChI is InChI=1S/C17H17BrClNOS/c1-11-7-8-14(19)9-16(11)20-17(21)12(2)22-10-13-5-3-4-6-15(13)18/h3-9,12H,10H2,1-2H3,(H,20,21). The van der Waals surface area contributed by atoms with E-state index in [0.717, 1.165) is 21.5 Å². The lowest BCUT2D eigenvalue weighted by Crippen LogP contribution is -2.23. The van der Waals surface area contributed by atoms with Gasteiger partial charge in [-0.1, -0.05) is 51.8 Å². The van der Waals surface area contributed by atoms with Crippen molar-refractivity contribution < 1.29 is 4.79 Å². The molecule has 2 rings (SSSR count). The van der Waals surface area contributed by atoms with Crippen molar-refractivity contribution in [3.8, 4) is 0 Å². The number of rotatable bonds is 5. The lowest BCUT2D eigenvalue weighted by atomic mass is 10.2. The molecule has 2 nitrogen and oxygen atoms in total. The zero-order chi connectivity index (χ0) is 16.1. The fourth-order valence-corrected chi connectivity index (χ4v) is 3.54. The number of halogens is 2. The van der Waals surface area contributed by atoms with Crippen LogP contribution < -0.4 is 5.32 Å². The molecule has 2 aromatic rings. The number of carbonyl (C=O) groups is 1. The minimum atomic E-state index is -0.148. The Hall–Kier alpha value is -0.970. The monoisotopic (exact) mass is 397 g/mol. The van der Waals surface area contributed by atoms with Crippen molar-refractivity contribution >= 4 is 50.9 Å². The highest BCUT2D eigenvalue weighted by Gasteiger charge is 2.15. The summed E-state index contributed by atoms with van der Waals surface area (Å²) in [5, 5.41) is 3.42. The number of nitrogens with one attached hydrogen (secondary N) is 1. The Morgan fingerprint density at radius 3 is 2.77 bits per heavy atom. The van der Waals surface area contributed by atoms with Gasteiger partial charge in [-0.2, -0.15) is 0 Å². The first kappa shape index (κ1) is 17.4. The van der Waals surface area contributed by atoms with E-state index in [1.807, 2.05) is 44.2 Å². The van der Waals surface area contributed by atoms with Crippen LogP contribution >= 0.6 is 39.3 Å². The second-order valence-electron chi connectivity index (χ2n) is 4.99. The van der Waals surface area contributed by atoms with Gasteiger partial charge in [-0.25, -0.2) is 0 Å². The first-order valence-corrected chi connectivity index (χ1v) is 9.11. The van der Waals surface area contributed by atoms with Gasteiger partial charge in [0.05, 0.1) is 5.25 Å². The fraction of sp³-hybridized carbons (Fsp3) is 0.235. The third-order valence-corrected chi connectivity index (χ3v) is 5.47. The molecule has 0 aliphatic rings. The Balaban J connectivity index is 1.95. The van der Waals surface area contributed by atoms with Crippen LogP contribution in [0, 0.1) is 6.92 Å². The Morgan fingerprint density at radius 1 is 1.32 bits per heavy atom. The van der Waals surface area contributed by atoms with Crippen molar-refractivity contribution in [2.24, 2.45) is 0 Å². The van der Waals surface area contributed by atoms with Gasteiger partial charge in [0.2, 0.25) is 5.91 Å². The van der Waals surface area contributed by atoms with Crippen LogP contribution in [0.3, 0.4) is 0 Å². The van der Waals surface area contributed by atoms with Crippen molar-refractivity contribution in [3.05, 3.63) is 63.1 Å².